The van der Waals surface area contributed by atoms with Crippen molar-refractivity contribution >= 4 is 40.7 Å². The third-order valence-corrected chi connectivity index (χ3v) is 8.25. The minimum atomic E-state index is -0.787. The Bertz CT molecular complexity index is 1530. The van der Waals surface area contributed by atoms with Gasteiger partial charge in [-0.3, -0.25) is 10.1 Å². The Kier molecular flexibility index (Phi) is 7.34. The van der Waals surface area contributed by atoms with Crippen molar-refractivity contribution in [2.24, 2.45) is 0 Å². The van der Waals surface area contributed by atoms with Gasteiger partial charge in [0.25, 0.3) is 0 Å². The van der Waals surface area contributed by atoms with Crippen LogP contribution in [-0.4, -0.2) is 24.3 Å². The van der Waals surface area contributed by atoms with Gasteiger partial charge in [-0.1, -0.05) is 60.1 Å². The van der Waals surface area contributed by atoms with Crippen LogP contribution in [0.5, 0.6) is 5.75 Å². The Hall–Kier alpha value is -3.88. The third kappa shape index (κ3) is 5.48. The highest BCUT2D eigenvalue weighted by Crippen LogP contribution is 2.49. The number of hydrogen-bond donors (Lipinski definition) is 2. The van der Waals surface area contributed by atoms with E-state index in [0.29, 0.717) is 34.2 Å². The van der Waals surface area contributed by atoms with Crippen molar-refractivity contribution in [3.8, 4) is 27.3 Å². The first-order valence-corrected chi connectivity index (χ1v) is 13.4. The lowest BCUT2D eigenvalue weighted by Gasteiger charge is -2.15. The summed E-state index contributed by atoms with van der Waals surface area (Å²) in [4.78, 5) is 25.0. The van der Waals surface area contributed by atoms with Crippen LogP contribution in [0.25, 0.3) is 21.6 Å². The van der Waals surface area contributed by atoms with Crippen LogP contribution in [0.4, 0.5) is 14.9 Å². The monoisotopic (exact) mass is 565 g/mol. The average Bonchev–Trinajstić information content (AvgIpc) is 3.66. The zero-order valence-electron chi connectivity index (χ0n) is 21.2. The van der Waals surface area contributed by atoms with Crippen molar-refractivity contribution in [1.82, 2.24) is 0 Å². The molecule has 1 aromatic heterocycles. The summed E-state index contributed by atoms with van der Waals surface area (Å²) in [5.41, 5.74) is 3.73. The Morgan fingerprint density at radius 3 is 2.31 bits per heavy atom. The van der Waals surface area contributed by atoms with Gasteiger partial charge in [0.1, 0.15) is 17.7 Å². The number of thiophene rings is 1. The molecule has 9 heteroatoms. The van der Waals surface area contributed by atoms with Crippen molar-refractivity contribution < 1.29 is 28.6 Å². The summed E-state index contributed by atoms with van der Waals surface area (Å²) in [7, 11) is 1.58. The van der Waals surface area contributed by atoms with Gasteiger partial charge < -0.3 is 14.6 Å². The molecule has 1 aliphatic carbocycles. The second-order valence-electron chi connectivity index (χ2n) is 9.40. The van der Waals surface area contributed by atoms with Gasteiger partial charge in [-0.05, 0) is 66.3 Å². The molecule has 6 nitrogen and oxygen atoms in total. The summed E-state index contributed by atoms with van der Waals surface area (Å²) in [5, 5.41) is 12.3. The first-order chi connectivity index (χ1) is 18.7. The number of aliphatic carboxylic acids is 1. The summed E-state index contributed by atoms with van der Waals surface area (Å²) < 4.78 is 24.9. The molecule has 1 atom stereocenters. The molecule has 0 bridgehead atoms. The minimum Gasteiger partial charge on any atom is -0.496 e. The fourth-order valence-corrected chi connectivity index (χ4v) is 5.74. The number of carbonyl (C=O) groups excluding carboxylic acids is 1. The fourth-order valence-electron chi connectivity index (χ4n) is 4.56. The van der Waals surface area contributed by atoms with E-state index in [0.717, 1.165) is 27.1 Å². The van der Waals surface area contributed by atoms with Crippen molar-refractivity contribution in [2.75, 3.05) is 12.4 Å². The lowest BCUT2D eigenvalue weighted by atomic mass is 9.93. The van der Waals surface area contributed by atoms with E-state index in [1.54, 1.807) is 32.2 Å². The summed E-state index contributed by atoms with van der Waals surface area (Å²) in [6, 6.07) is 20.6. The summed E-state index contributed by atoms with van der Waals surface area (Å²) in [6.07, 6.45) is 0.0521. The maximum absolute atomic E-state index is 13.2. The van der Waals surface area contributed by atoms with Gasteiger partial charge in [0.15, 0.2) is 0 Å². The molecular weight excluding hydrogens is 541 g/mol. The number of carboxylic acid groups (broad SMARTS) is 1. The molecule has 4 aromatic rings. The number of amides is 1. The topological polar surface area (TPSA) is 84.9 Å². The van der Waals surface area contributed by atoms with E-state index in [-0.39, 0.29) is 5.82 Å². The van der Waals surface area contributed by atoms with Crippen molar-refractivity contribution in [3.63, 3.8) is 0 Å². The van der Waals surface area contributed by atoms with Crippen LogP contribution in [0, 0.1) is 5.82 Å². The molecule has 1 heterocycles. The molecule has 5 rings (SSSR count). The third-order valence-electron chi connectivity index (χ3n) is 6.93. The molecule has 3 aromatic carbocycles. The van der Waals surface area contributed by atoms with E-state index in [1.165, 1.54) is 23.5 Å². The van der Waals surface area contributed by atoms with Crippen LogP contribution in [0.1, 0.15) is 37.0 Å². The first-order valence-electron chi connectivity index (χ1n) is 12.3. The molecular formula is C30H25ClFNO5S. The summed E-state index contributed by atoms with van der Waals surface area (Å²) in [5.74, 6) is -0.538. The SMILES string of the molecule is COc1cc(-c2sc(Cl)cc2NC(=O)O[C@H](C)c2ccc(F)cc2)ccc1-c1ccc(C2(C(=O)O)CC2)cc1. The predicted molar refractivity (Wildman–Crippen MR) is 150 cm³/mol. The van der Waals surface area contributed by atoms with Crippen LogP contribution in [0.2, 0.25) is 4.34 Å². The van der Waals surface area contributed by atoms with Gasteiger partial charge in [-0.15, -0.1) is 11.3 Å². The number of halogens is 2. The largest absolute Gasteiger partial charge is 0.496 e. The molecule has 0 aliphatic heterocycles. The molecule has 39 heavy (non-hydrogen) atoms. The van der Waals surface area contributed by atoms with Gasteiger partial charge >= 0.3 is 12.1 Å². The van der Waals surface area contributed by atoms with Gasteiger partial charge in [-0.2, -0.15) is 0 Å². The number of carbonyl (C=O) groups is 2. The molecule has 1 amide bonds. The van der Waals surface area contributed by atoms with Crippen LogP contribution < -0.4 is 10.1 Å². The van der Waals surface area contributed by atoms with Crippen molar-refractivity contribution in [3.05, 3.63) is 94.1 Å². The predicted octanol–water partition coefficient (Wildman–Crippen LogP) is 8.31. The summed E-state index contributed by atoms with van der Waals surface area (Å²) >= 11 is 7.62. The average molecular weight is 566 g/mol. The minimum absolute atomic E-state index is 0.365. The molecule has 200 valence electrons. The Morgan fingerprint density at radius 2 is 1.69 bits per heavy atom. The van der Waals surface area contributed by atoms with E-state index < -0.39 is 23.6 Å². The first kappa shape index (κ1) is 26.7. The number of anilines is 1. The van der Waals surface area contributed by atoms with Gasteiger partial charge in [-0.25, -0.2) is 9.18 Å². The zero-order valence-corrected chi connectivity index (χ0v) is 22.7. The number of rotatable bonds is 8. The molecule has 1 saturated carbocycles. The molecule has 1 fully saturated rings. The Morgan fingerprint density at radius 1 is 1.03 bits per heavy atom. The highest BCUT2D eigenvalue weighted by atomic mass is 35.5. The Labute approximate surface area is 234 Å². The van der Waals surface area contributed by atoms with Gasteiger partial charge in [0, 0.05) is 5.56 Å². The number of hydrogen-bond acceptors (Lipinski definition) is 5. The van der Waals surface area contributed by atoms with E-state index in [9.17, 15) is 19.1 Å². The number of ether oxygens (including phenoxy) is 2. The van der Waals surface area contributed by atoms with E-state index in [2.05, 4.69) is 5.32 Å². The second kappa shape index (κ2) is 10.7. The molecule has 0 radical (unpaired) electrons. The number of carboxylic acids is 1. The Balaban J connectivity index is 1.36. The van der Waals surface area contributed by atoms with Crippen LogP contribution in [0.3, 0.4) is 0 Å². The standard InChI is InChI=1S/C30H25ClFNO5S/c1-17(18-5-10-22(32)11-6-18)38-29(36)33-24-16-26(31)39-27(24)20-7-12-23(25(15-20)37-2)19-3-8-21(9-4-19)30(13-14-30)28(34)35/h3-12,15-17H,13-14H2,1-2H3,(H,33,36)(H,34,35)/t17-/m1/s1. The normalized spacial score (nSPS) is 14.4. The van der Waals surface area contributed by atoms with E-state index in [1.807, 2.05) is 42.5 Å². The van der Waals surface area contributed by atoms with Gasteiger partial charge in [0.05, 0.1) is 27.4 Å². The number of nitrogens with one attached hydrogen (secondary N) is 1. The maximum atomic E-state index is 13.2. The zero-order chi connectivity index (χ0) is 27.7. The van der Waals surface area contributed by atoms with Crippen LogP contribution in [-0.2, 0) is 14.9 Å². The maximum Gasteiger partial charge on any atom is 0.412 e. The summed E-state index contributed by atoms with van der Waals surface area (Å²) in [6.45, 7) is 1.70. The lowest BCUT2D eigenvalue weighted by Crippen LogP contribution is -2.19. The highest BCUT2D eigenvalue weighted by molar-refractivity contribution is 7.20. The second-order valence-corrected chi connectivity index (χ2v) is 11.1. The van der Waals surface area contributed by atoms with E-state index >= 15 is 0 Å². The molecule has 1 aliphatic rings. The smallest absolute Gasteiger partial charge is 0.412 e. The number of benzene rings is 3. The van der Waals surface area contributed by atoms with Gasteiger partial charge in [0.2, 0.25) is 0 Å². The van der Waals surface area contributed by atoms with E-state index in [4.69, 9.17) is 21.1 Å². The molecule has 0 spiro atoms. The molecule has 0 unspecified atom stereocenters. The quantitative estimate of drug-likeness (QED) is 0.224. The lowest BCUT2D eigenvalue weighted by molar-refractivity contribution is -0.140. The van der Waals surface area contributed by atoms with Crippen molar-refractivity contribution in [1.29, 1.82) is 0 Å². The van der Waals surface area contributed by atoms with Crippen LogP contribution in [0.15, 0.2) is 72.8 Å². The van der Waals surface area contributed by atoms with Crippen molar-refractivity contribution in [2.45, 2.75) is 31.3 Å². The van der Waals surface area contributed by atoms with Crippen LogP contribution >= 0.6 is 22.9 Å². The molecule has 2 N–H and O–H groups in total. The number of methoxy groups -OCH3 is 1. The highest BCUT2D eigenvalue weighted by Gasteiger charge is 2.51. The fraction of sp³-hybridized carbons (Fsp3) is 0.200. The molecule has 0 saturated heterocycles.